The van der Waals surface area contributed by atoms with E-state index >= 15 is 0 Å². The van der Waals surface area contributed by atoms with Crippen LogP contribution in [0.4, 0.5) is 0 Å². The number of nitrogens with one attached hydrogen (secondary N) is 2. The lowest BCUT2D eigenvalue weighted by molar-refractivity contribution is 0.153. The fourth-order valence-corrected chi connectivity index (χ4v) is 2.65. The molecule has 1 aliphatic heterocycles. The van der Waals surface area contributed by atoms with Crippen LogP contribution in [0.15, 0.2) is 0 Å². The molecule has 0 radical (unpaired) electrons. The van der Waals surface area contributed by atoms with Crippen LogP contribution in [0.1, 0.15) is 33.1 Å². The molecule has 0 bridgehead atoms. The first kappa shape index (κ1) is 10.4. The van der Waals surface area contributed by atoms with Crippen LogP contribution in [0.3, 0.4) is 0 Å². The van der Waals surface area contributed by atoms with E-state index in [2.05, 4.69) is 24.5 Å². The molecule has 2 atom stereocenters. The Morgan fingerprint density at radius 1 is 1.36 bits per heavy atom. The molecule has 82 valence electrons. The summed E-state index contributed by atoms with van der Waals surface area (Å²) in [7, 11) is 0. The predicted molar refractivity (Wildman–Crippen MR) is 60.4 cm³/mol. The largest absolute Gasteiger partial charge is 0.316 e. The molecule has 0 aromatic rings. The maximum Gasteiger partial charge on any atom is 0.000529 e. The molecule has 2 rings (SSSR count). The van der Waals surface area contributed by atoms with Crippen LogP contribution in [-0.4, -0.2) is 26.2 Å². The Labute approximate surface area is 87.8 Å². The van der Waals surface area contributed by atoms with Crippen LogP contribution in [-0.2, 0) is 0 Å². The Kier molecular flexibility index (Phi) is 3.13. The fraction of sp³-hybridized carbons (Fsp3) is 1.00. The van der Waals surface area contributed by atoms with E-state index in [0.717, 1.165) is 11.8 Å². The molecule has 1 saturated carbocycles. The number of rotatable bonds is 4. The molecule has 2 unspecified atom stereocenters. The molecule has 0 amide bonds. The Morgan fingerprint density at radius 3 is 2.64 bits per heavy atom. The fourth-order valence-electron chi connectivity index (χ4n) is 2.65. The number of hydrogen-bond acceptors (Lipinski definition) is 2. The highest BCUT2D eigenvalue weighted by Crippen LogP contribution is 2.39. The van der Waals surface area contributed by atoms with Gasteiger partial charge in [-0.1, -0.05) is 20.3 Å². The molecule has 0 aromatic carbocycles. The zero-order chi connectivity index (χ0) is 10.0. The van der Waals surface area contributed by atoms with Crippen molar-refractivity contribution in [3.05, 3.63) is 0 Å². The van der Waals surface area contributed by atoms with Crippen LogP contribution < -0.4 is 10.6 Å². The molecule has 0 spiro atoms. The third kappa shape index (κ3) is 2.29. The van der Waals surface area contributed by atoms with Crippen molar-refractivity contribution in [2.45, 2.75) is 33.1 Å². The van der Waals surface area contributed by atoms with Gasteiger partial charge in [-0.15, -0.1) is 0 Å². The Hall–Kier alpha value is -0.0800. The van der Waals surface area contributed by atoms with Gasteiger partial charge in [-0.3, -0.25) is 0 Å². The molecule has 2 N–H and O–H groups in total. The first-order valence-electron chi connectivity index (χ1n) is 6.11. The maximum absolute atomic E-state index is 3.66. The van der Waals surface area contributed by atoms with Gasteiger partial charge in [-0.2, -0.15) is 0 Å². The van der Waals surface area contributed by atoms with Crippen molar-refractivity contribution in [1.29, 1.82) is 0 Å². The normalized spacial score (nSPS) is 35.6. The summed E-state index contributed by atoms with van der Waals surface area (Å²) in [6.07, 6.45) is 4.30. The van der Waals surface area contributed by atoms with Crippen LogP contribution >= 0.6 is 0 Å². The second kappa shape index (κ2) is 4.19. The van der Waals surface area contributed by atoms with E-state index in [1.165, 1.54) is 45.4 Å². The minimum atomic E-state index is 0.634. The van der Waals surface area contributed by atoms with Crippen molar-refractivity contribution < 1.29 is 0 Å². The lowest BCUT2D eigenvalue weighted by Crippen LogP contribution is -2.39. The first-order valence-corrected chi connectivity index (χ1v) is 6.11. The third-order valence-electron chi connectivity index (χ3n) is 4.20. The molecule has 2 nitrogen and oxygen atoms in total. The Bertz CT molecular complexity index is 187. The summed E-state index contributed by atoms with van der Waals surface area (Å²) < 4.78 is 0. The van der Waals surface area contributed by atoms with E-state index < -0.39 is 0 Å². The van der Waals surface area contributed by atoms with Gasteiger partial charge in [0.05, 0.1) is 0 Å². The van der Waals surface area contributed by atoms with Gasteiger partial charge in [0.2, 0.25) is 0 Å². The quantitative estimate of drug-likeness (QED) is 0.714. The molecule has 0 aromatic heterocycles. The zero-order valence-electron chi connectivity index (χ0n) is 9.60. The molecular weight excluding hydrogens is 172 g/mol. The van der Waals surface area contributed by atoms with E-state index in [4.69, 9.17) is 0 Å². The average Bonchev–Trinajstić information content (AvgIpc) is 2.49. The lowest BCUT2D eigenvalue weighted by atomic mass is 9.70. The molecule has 1 saturated heterocycles. The SMILES string of the molecule is CC1CNCC1CNCC1(C)CCC1. The summed E-state index contributed by atoms with van der Waals surface area (Å²) >= 11 is 0. The zero-order valence-corrected chi connectivity index (χ0v) is 9.60. The molecule has 2 fully saturated rings. The van der Waals surface area contributed by atoms with Gasteiger partial charge in [-0.05, 0) is 49.7 Å². The first-order chi connectivity index (χ1) is 6.70. The van der Waals surface area contributed by atoms with E-state index in [0.29, 0.717) is 5.41 Å². The maximum atomic E-state index is 3.66. The second-order valence-electron chi connectivity index (χ2n) is 5.69. The highest BCUT2D eigenvalue weighted by Gasteiger charge is 2.31. The molecule has 14 heavy (non-hydrogen) atoms. The van der Waals surface area contributed by atoms with E-state index in [9.17, 15) is 0 Å². The minimum Gasteiger partial charge on any atom is -0.316 e. The molecular formula is C12H24N2. The van der Waals surface area contributed by atoms with Crippen molar-refractivity contribution in [2.75, 3.05) is 26.2 Å². The predicted octanol–water partition coefficient (Wildman–Crippen LogP) is 1.62. The Morgan fingerprint density at radius 2 is 2.14 bits per heavy atom. The smallest absolute Gasteiger partial charge is 0.000529 e. The lowest BCUT2D eigenvalue weighted by Gasteiger charge is -2.39. The van der Waals surface area contributed by atoms with Crippen molar-refractivity contribution in [3.63, 3.8) is 0 Å². The highest BCUT2D eigenvalue weighted by atomic mass is 15.0. The molecule has 2 aliphatic rings. The monoisotopic (exact) mass is 196 g/mol. The van der Waals surface area contributed by atoms with Gasteiger partial charge >= 0.3 is 0 Å². The Balaban J connectivity index is 1.62. The van der Waals surface area contributed by atoms with Crippen molar-refractivity contribution >= 4 is 0 Å². The summed E-state index contributed by atoms with van der Waals surface area (Å²) in [6.45, 7) is 9.64. The molecule has 1 heterocycles. The topological polar surface area (TPSA) is 24.1 Å². The summed E-state index contributed by atoms with van der Waals surface area (Å²) in [5, 5.41) is 7.12. The van der Waals surface area contributed by atoms with Crippen molar-refractivity contribution in [2.24, 2.45) is 17.3 Å². The summed E-state index contributed by atoms with van der Waals surface area (Å²) in [5.74, 6) is 1.72. The minimum absolute atomic E-state index is 0.634. The van der Waals surface area contributed by atoms with Gasteiger partial charge in [0.1, 0.15) is 0 Å². The van der Waals surface area contributed by atoms with Crippen LogP contribution in [0.2, 0.25) is 0 Å². The van der Waals surface area contributed by atoms with Gasteiger partial charge in [0, 0.05) is 6.54 Å². The van der Waals surface area contributed by atoms with Gasteiger partial charge in [-0.25, -0.2) is 0 Å². The van der Waals surface area contributed by atoms with Crippen LogP contribution in [0, 0.1) is 17.3 Å². The molecule has 1 aliphatic carbocycles. The van der Waals surface area contributed by atoms with Crippen molar-refractivity contribution in [3.8, 4) is 0 Å². The van der Waals surface area contributed by atoms with E-state index in [1.54, 1.807) is 0 Å². The highest BCUT2D eigenvalue weighted by molar-refractivity contribution is 4.86. The third-order valence-corrected chi connectivity index (χ3v) is 4.20. The van der Waals surface area contributed by atoms with Crippen LogP contribution in [0.5, 0.6) is 0 Å². The number of hydrogen-bond donors (Lipinski definition) is 2. The van der Waals surface area contributed by atoms with E-state index in [-0.39, 0.29) is 0 Å². The molecule has 2 heteroatoms. The van der Waals surface area contributed by atoms with Gasteiger partial charge in [0.15, 0.2) is 0 Å². The summed E-state index contributed by atoms with van der Waals surface area (Å²) in [6, 6.07) is 0. The summed E-state index contributed by atoms with van der Waals surface area (Å²) in [5.41, 5.74) is 0.634. The van der Waals surface area contributed by atoms with Crippen molar-refractivity contribution in [1.82, 2.24) is 10.6 Å². The van der Waals surface area contributed by atoms with E-state index in [1.807, 2.05) is 0 Å². The van der Waals surface area contributed by atoms with Gasteiger partial charge in [0.25, 0.3) is 0 Å². The standard InChI is InChI=1S/C12H24N2/c1-10-6-13-7-11(10)8-14-9-12(2)4-3-5-12/h10-11,13-14H,3-9H2,1-2H3. The second-order valence-corrected chi connectivity index (χ2v) is 5.69. The van der Waals surface area contributed by atoms with Gasteiger partial charge < -0.3 is 10.6 Å². The average molecular weight is 196 g/mol. The van der Waals surface area contributed by atoms with Crippen LogP contribution in [0.25, 0.3) is 0 Å². The summed E-state index contributed by atoms with van der Waals surface area (Å²) in [4.78, 5) is 0.